The van der Waals surface area contributed by atoms with Gasteiger partial charge in [0.2, 0.25) is 0 Å². The summed E-state index contributed by atoms with van der Waals surface area (Å²) in [5.74, 6) is 0.442. The molecule has 0 bridgehead atoms. The van der Waals surface area contributed by atoms with Crippen LogP contribution in [0.4, 0.5) is 0 Å². The lowest BCUT2D eigenvalue weighted by Crippen LogP contribution is -2.11. The van der Waals surface area contributed by atoms with Crippen molar-refractivity contribution in [2.24, 2.45) is 0 Å². The predicted molar refractivity (Wildman–Crippen MR) is 142 cm³/mol. The van der Waals surface area contributed by atoms with Crippen LogP contribution in [0, 0.1) is 20.8 Å². The third kappa shape index (κ3) is 9.28. The molecular weight excluding hydrogens is 416 g/mol. The summed E-state index contributed by atoms with van der Waals surface area (Å²) < 4.78 is 0. The van der Waals surface area contributed by atoms with E-state index in [9.17, 15) is 10.2 Å². The number of phenolic OH excluding ortho intramolecular Hbond substituents is 2. The number of alkyl halides is 1. The third-order valence-electron chi connectivity index (χ3n) is 6.13. The molecule has 0 aliphatic heterocycles. The molecule has 0 radical (unpaired) electrons. The number of hydrogen-bond acceptors (Lipinski definition) is 2. The Kier molecular flexibility index (Phi) is 11.4. The molecule has 0 spiro atoms. The number of halogens is 1. The van der Waals surface area contributed by atoms with Gasteiger partial charge in [-0.2, -0.15) is 0 Å². The number of phenols is 2. The van der Waals surface area contributed by atoms with Crippen molar-refractivity contribution in [2.75, 3.05) is 0 Å². The minimum Gasteiger partial charge on any atom is -0.507 e. The minimum absolute atomic E-state index is 0.210. The van der Waals surface area contributed by atoms with Crippen LogP contribution < -0.4 is 0 Å². The average molecular weight is 459 g/mol. The van der Waals surface area contributed by atoms with Gasteiger partial charge in [0.15, 0.2) is 0 Å². The fourth-order valence-corrected chi connectivity index (χ4v) is 3.80. The summed E-state index contributed by atoms with van der Waals surface area (Å²) in [5, 5.41) is 20.8. The summed E-state index contributed by atoms with van der Waals surface area (Å²) in [4.78, 5) is -0.522. The van der Waals surface area contributed by atoms with E-state index in [-0.39, 0.29) is 11.5 Å². The van der Waals surface area contributed by atoms with Crippen LogP contribution >= 0.6 is 11.6 Å². The molecule has 0 fully saturated rings. The van der Waals surface area contributed by atoms with Gasteiger partial charge < -0.3 is 10.2 Å². The summed E-state index contributed by atoms with van der Waals surface area (Å²) in [6.45, 7) is 16.1. The van der Waals surface area contributed by atoms with E-state index in [0.717, 1.165) is 38.5 Å². The molecule has 0 amide bonds. The Labute approximate surface area is 201 Å². The Morgan fingerprint density at radius 2 is 1.28 bits per heavy atom. The van der Waals surface area contributed by atoms with Crippen LogP contribution in [0.3, 0.4) is 0 Å². The fraction of sp³-hybridized carbons (Fsp3) is 0.517. The van der Waals surface area contributed by atoms with Crippen molar-refractivity contribution >= 4 is 17.7 Å². The number of benzene rings is 1. The van der Waals surface area contributed by atoms with Crippen LogP contribution in [-0.4, -0.2) is 15.1 Å². The van der Waals surface area contributed by atoms with Crippen molar-refractivity contribution in [1.29, 1.82) is 0 Å². The van der Waals surface area contributed by atoms with Gasteiger partial charge in [0.1, 0.15) is 11.5 Å². The molecule has 0 aliphatic rings. The summed E-state index contributed by atoms with van der Waals surface area (Å²) >= 11 is 6.73. The van der Waals surface area contributed by atoms with Gasteiger partial charge in [-0.3, -0.25) is 0 Å². The normalized spacial score (nSPS) is 14.7. The van der Waals surface area contributed by atoms with Crippen LogP contribution in [0.1, 0.15) is 95.4 Å². The van der Waals surface area contributed by atoms with Crippen molar-refractivity contribution in [2.45, 2.75) is 98.8 Å². The summed E-state index contributed by atoms with van der Waals surface area (Å²) in [6.07, 6.45) is 16.8. The van der Waals surface area contributed by atoms with Crippen LogP contribution in [-0.2, 0) is 0 Å². The highest BCUT2D eigenvalue weighted by Crippen LogP contribution is 2.37. The van der Waals surface area contributed by atoms with E-state index in [0.29, 0.717) is 22.3 Å². The van der Waals surface area contributed by atoms with Gasteiger partial charge in [-0.25, -0.2) is 0 Å². The first-order valence-electron chi connectivity index (χ1n) is 11.7. The van der Waals surface area contributed by atoms with Crippen molar-refractivity contribution in [3.8, 4) is 11.5 Å². The zero-order valence-corrected chi connectivity index (χ0v) is 22.2. The largest absolute Gasteiger partial charge is 0.507 e. The van der Waals surface area contributed by atoms with Crippen LogP contribution in [0.15, 0.2) is 41.0 Å². The number of rotatable bonds is 11. The molecular formula is C29H43ClO2. The lowest BCUT2D eigenvalue weighted by atomic mass is 9.95. The first-order valence-corrected chi connectivity index (χ1v) is 12.1. The van der Waals surface area contributed by atoms with Crippen molar-refractivity contribution in [3.63, 3.8) is 0 Å². The van der Waals surface area contributed by atoms with Gasteiger partial charge in [0, 0.05) is 11.1 Å². The van der Waals surface area contributed by atoms with Gasteiger partial charge >= 0.3 is 0 Å². The molecule has 0 heterocycles. The molecule has 178 valence electrons. The maximum Gasteiger partial charge on any atom is 0.126 e. The Balaban J connectivity index is 2.63. The number of hydrogen-bond donors (Lipinski definition) is 2. The Morgan fingerprint density at radius 1 is 0.781 bits per heavy atom. The molecule has 0 saturated carbocycles. The lowest BCUT2D eigenvalue weighted by Gasteiger charge is -2.18. The van der Waals surface area contributed by atoms with E-state index in [1.807, 2.05) is 39.8 Å². The second kappa shape index (κ2) is 12.9. The third-order valence-corrected chi connectivity index (χ3v) is 6.45. The predicted octanol–water partition coefficient (Wildman–Crippen LogP) is 9.23. The number of aromatic hydroxyl groups is 2. The maximum absolute atomic E-state index is 10.5. The molecule has 2 nitrogen and oxygen atoms in total. The van der Waals surface area contributed by atoms with Gasteiger partial charge in [0.05, 0.1) is 4.87 Å². The average Bonchev–Trinajstić information content (AvgIpc) is 2.70. The van der Waals surface area contributed by atoms with Crippen molar-refractivity contribution < 1.29 is 10.2 Å². The van der Waals surface area contributed by atoms with Crippen molar-refractivity contribution in [3.05, 3.63) is 63.3 Å². The Morgan fingerprint density at radius 3 is 1.84 bits per heavy atom. The molecule has 1 aromatic rings. The zero-order chi connectivity index (χ0) is 24.5. The fourth-order valence-electron chi connectivity index (χ4n) is 3.63. The molecule has 0 saturated heterocycles. The highest BCUT2D eigenvalue weighted by Gasteiger charge is 2.18. The lowest BCUT2D eigenvalue weighted by molar-refractivity contribution is 0.448. The van der Waals surface area contributed by atoms with Gasteiger partial charge in [-0.1, -0.05) is 47.1 Å². The molecule has 1 atom stereocenters. The van der Waals surface area contributed by atoms with Crippen LogP contribution in [0.2, 0.25) is 0 Å². The molecule has 1 aromatic carbocycles. The molecule has 0 aliphatic carbocycles. The maximum atomic E-state index is 10.5. The Bertz CT molecular complexity index is 865. The highest BCUT2D eigenvalue weighted by molar-refractivity contribution is 6.25. The molecule has 0 aromatic heterocycles. The van der Waals surface area contributed by atoms with Gasteiger partial charge in [-0.05, 0) is 105 Å². The van der Waals surface area contributed by atoms with Crippen LogP contribution in [0.5, 0.6) is 11.5 Å². The summed E-state index contributed by atoms with van der Waals surface area (Å²) in [7, 11) is 0. The Hall–Kier alpha value is -1.93. The van der Waals surface area contributed by atoms with Gasteiger partial charge in [-0.15, -0.1) is 11.6 Å². The first-order chi connectivity index (χ1) is 14.9. The monoisotopic (exact) mass is 458 g/mol. The SMILES string of the molecule is CC(C)=CCCC(C)=CCCC(C)=CCCC(C)(Cl)C=Cc1c(C)c(O)c(C)c(C)c1O. The van der Waals surface area contributed by atoms with E-state index < -0.39 is 4.87 Å². The molecule has 2 N–H and O–H groups in total. The topological polar surface area (TPSA) is 40.5 Å². The van der Waals surface area contributed by atoms with Crippen LogP contribution in [0.25, 0.3) is 6.08 Å². The second-order valence-electron chi connectivity index (χ2n) is 9.60. The first kappa shape index (κ1) is 28.1. The van der Waals surface area contributed by atoms with Gasteiger partial charge in [0.25, 0.3) is 0 Å². The minimum atomic E-state index is -0.522. The van der Waals surface area contributed by atoms with Crippen molar-refractivity contribution in [1.82, 2.24) is 0 Å². The zero-order valence-electron chi connectivity index (χ0n) is 21.4. The van der Waals surface area contributed by atoms with E-state index in [1.165, 1.54) is 16.7 Å². The van der Waals surface area contributed by atoms with E-state index >= 15 is 0 Å². The summed E-state index contributed by atoms with van der Waals surface area (Å²) in [6, 6.07) is 0. The highest BCUT2D eigenvalue weighted by atomic mass is 35.5. The molecule has 32 heavy (non-hydrogen) atoms. The van der Waals surface area contributed by atoms with E-state index in [4.69, 9.17) is 11.6 Å². The smallest absolute Gasteiger partial charge is 0.126 e. The second-order valence-corrected chi connectivity index (χ2v) is 10.5. The molecule has 1 unspecified atom stereocenters. The quantitative estimate of drug-likeness (QED) is 0.197. The molecule has 1 rings (SSSR count). The number of allylic oxidation sites excluding steroid dienone is 7. The molecule has 3 heteroatoms. The van der Waals surface area contributed by atoms with E-state index in [1.54, 1.807) is 0 Å². The van der Waals surface area contributed by atoms with E-state index in [2.05, 4.69) is 45.9 Å². The standard InChI is InChI=1S/C29H43ClO2/c1-20(2)12-9-13-21(3)14-10-15-22(4)16-11-18-29(8,30)19-17-26-25(7)27(31)23(5)24(6)28(26)32/h12,14,16-17,19,31-32H,9-11,13,15,18H2,1-8H3. The summed E-state index contributed by atoms with van der Waals surface area (Å²) in [5.41, 5.74) is 6.96.